The number of hydrogen-bond acceptors (Lipinski definition) is 3. The zero-order chi connectivity index (χ0) is 10.5. The molecule has 0 aromatic heterocycles. The standard InChI is InChI=1S/C10H24N2O/c1-5-12(7-6-9(2)13)10(3,4)8-11/h9,13H,5-8,11H2,1-4H3. The summed E-state index contributed by atoms with van der Waals surface area (Å²) in [6.45, 7) is 10.8. The average Bonchev–Trinajstić information content (AvgIpc) is 2.04. The molecule has 0 amide bonds. The number of aliphatic hydroxyl groups is 1. The molecule has 13 heavy (non-hydrogen) atoms. The van der Waals surface area contributed by atoms with E-state index in [4.69, 9.17) is 5.73 Å². The smallest absolute Gasteiger partial charge is 0.0524 e. The van der Waals surface area contributed by atoms with Crippen molar-refractivity contribution in [3.05, 3.63) is 0 Å². The minimum Gasteiger partial charge on any atom is -0.393 e. The lowest BCUT2D eigenvalue weighted by Gasteiger charge is -2.37. The van der Waals surface area contributed by atoms with Crippen molar-refractivity contribution in [3.8, 4) is 0 Å². The van der Waals surface area contributed by atoms with Crippen LogP contribution < -0.4 is 5.73 Å². The molecule has 0 aromatic rings. The van der Waals surface area contributed by atoms with Crippen LogP contribution in [0.25, 0.3) is 0 Å². The fraction of sp³-hybridized carbons (Fsp3) is 1.00. The molecule has 1 unspecified atom stereocenters. The molecule has 3 nitrogen and oxygen atoms in total. The highest BCUT2D eigenvalue weighted by Gasteiger charge is 2.23. The normalized spacial score (nSPS) is 15.0. The van der Waals surface area contributed by atoms with Gasteiger partial charge < -0.3 is 10.8 Å². The number of nitrogens with zero attached hydrogens (tertiary/aromatic N) is 1. The maximum atomic E-state index is 9.18. The summed E-state index contributed by atoms with van der Waals surface area (Å²) in [4.78, 5) is 2.31. The quantitative estimate of drug-likeness (QED) is 0.649. The van der Waals surface area contributed by atoms with Crippen molar-refractivity contribution in [1.82, 2.24) is 4.90 Å². The minimum absolute atomic E-state index is 0.0453. The molecule has 0 aromatic carbocycles. The first kappa shape index (κ1) is 12.9. The fourth-order valence-corrected chi connectivity index (χ4v) is 1.36. The Labute approximate surface area is 81.9 Å². The van der Waals surface area contributed by atoms with Crippen molar-refractivity contribution in [2.75, 3.05) is 19.6 Å². The van der Waals surface area contributed by atoms with Gasteiger partial charge in [-0.1, -0.05) is 6.92 Å². The van der Waals surface area contributed by atoms with Crippen molar-refractivity contribution in [2.24, 2.45) is 5.73 Å². The fourth-order valence-electron chi connectivity index (χ4n) is 1.36. The first-order valence-corrected chi connectivity index (χ1v) is 5.07. The number of likely N-dealkylation sites (N-methyl/N-ethyl adjacent to an activating group) is 1. The van der Waals surface area contributed by atoms with Gasteiger partial charge in [-0.2, -0.15) is 0 Å². The number of nitrogens with two attached hydrogens (primary N) is 1. The van der Waals surface area contributed by atoms with Crippen LogP contribution in [0.5, 0.6) is 0 Å². The summed E-state index contributed by atoms with van der Waals surface area (Å²) in [6.07, 6.45) is 0.597. The van der Waals surface area contributed by atoms with E-state index < -0.39 is 0 Å². The molecule has 0 aliphatic heterocycles. The highest BCUT2D eigenvalue weighted by Crippen LogP contribution is 2.13. The second-order valence-corrected chi connectivity index (χ2v) is 4.23. The van der Waals surface area contributed by atoms with Gasteiger partial charge in [0, 0.05) is 18.6 Å². The summed E-state index contributed by atoms with van der Waals surface area (Å²) >= 11 is 0. The molecular formula is C10H24N2O. The van der Waals surface area contributed by atoms with Crippen LogP contribution in [0.15, 0.2) is 0 Å². The Bertz CT molecular complexity index is 135. The summed E-state index contributed by atoms with van der Waals surface area (Å²) < 4.78 is 0. The van der Waals surface area contributed by atoms with Crippen molar-refractivity contribution < 1.29 is 5.11 Å². The molecule has 0 heterocycles. The first-order valence-electron chi connectivity index (χ1n) is 5.07. The summed E-state index contributed by atoms with van der Waals surface area (Å²) in [5.74, 6) is 0. The van der Waals surface area contributed by atoms with E-state index in [2.05, 4.69) is 25.7 Å². The Balaban J connectivity index is 4.02. The molecule has 1 atom stereocenters. The van der Waals surface area contributed by atoms with Crippen LogP contribution in [0.1, 0.15) is 34.1 Å². The van der Waals surface area contributed by atoms with Crippen molar-refractivity contribution in [2.45, 2.75) is 45.8 Å². The van der Waals surface area contributed by atoms with Gasteiger partial charge >= 0.3 is 0 Å². The van der Waals surface area contributed by atoms with Crippen molar-refractivity contribution in [1.29, 1.82) is 0 Å². The predicted molar refractivity (Wildman–Crippen MR) is 56.7 cm³/mol. The maximum Gasteiger partial charge on any atom is 0.0524 e. The lowest BCUT2D eigenvalue weighted by molar-refractivity contribution is 0.101. The van der Waals surface area contributed by atoms with Gasteiger partial charge in [0.1, 0.15) is 0 Å². The van der Waals surface area contributed by atoms with Crippen LogP contribution in [0.2, 0.25) is 0 Å². The number of aliphatic hydroxyl groups excluding tert-OH is 1. The first-order chi connectivity index (χ1) is 5.94. The van der Waals surface area contributed by atoms with Gasteiger partial charge in [0.05, 0.1) is 6.10 Å². The second-order valence-electron chi connectivity index (χ2n) is 4.23. The summed E-state index contributed by atoms with van der Waals surface area (Å²) in [6, 6.07) is 0. The van der Waals surface area contributed by atoms with E-state index >= 15 is 0 Å². The van der Waals surface area contributed by atoms with E-state index in [9.17, 15) is 5.11 Å². The molecule has 0 bridgehead atoms. The third-order valence-electron chi connectivity index (χ3n) is 2.55. The average molecular weight is 188 g/mol. The number of hydrogen-bond donors (Lipinski definition) is 2. The van der Waals surface area contributed by atoms with Gasteiger partial charge in [-0.15, -0.1) is 0 Å². The topological polar surface area (TPSA) is 49.5 Å². The third-order valence-corrected chi connectivity index (χ3v) is 2.55. The molecule has 0 spiro atoms. The minimum atomic E-state index is -0.220. The van der Waals surface area contributed by atoms with Crippen LogP contribution in [0, 0.1) is 0 Å². The monoisotopic (exact) mass is 188 g/mol. The van der Waals surface area contributed by atoms with Gasteiger partial charge in [0.25, 0.3) is 0 Å². The van der Waals surface area contributed by atoms with Gasteiger partial charge in [-0.25, -0.2) is 0 Å². The lowest BCUT2D eigenvalue weighted by Crippen LogP contribution is -2.49. The molecule has 3 N–H and O–H groups in total. The van der Waals surface area contributed by atoms with E-state index in [1.54, 1.807) is 0 Å². The molecule has 0 rings (SSSR count). The van der Waals surface area contributed by atoms with E-state index in [0.29, 0.717) is 6.54 Å². The molecule has 0 aliphatic carbocycles. The van der Waals surface area contributed by atoms with Crippen LogP contribution in [-0.2, 0) is 0 Å². The molecule has 0 radical (unpaired) electrons. The maximum absolute atomic E-state index is 9.18. The highest BCUT2D eigenvalue weighted by atomic mass is 16.3. The SMILES string of the molecule is CCN(CCC(C)O)C(C)(C)CN. The highest BCUT2D eigenvalue weighted by molar-refractivity contribution is 4.81. The van der Waals surface area contributed by atoms with Gasteiger partial charge in [0.2, 0.25) is 0 Å². The van der Waals surface area contributed by atoms with Crippen molar-refractivity contribution >= 4 is 0 Å². The predicted octanol–water partition coefficient (Wildman–Crippen LogP) is 0.816. The molecule has 80 valence electrons. The van der Waals surface area contributed by atoms with Crippen LogP contribution >= 0.6 is 0 Å². The third kappa shape index (κ3) is 4.60. The van der Waals surface area contributed by atoms with Crippen molar-refractivity contribution in [3.63, 3.8) is 0 Å². The van der Waals surface area contributed by atoms with E-state index in [1.807, 2.05) is 6.92 Å². The van der Waals surface area contributed by atoms with Crippen LogP contribution in [0.3, 0.4) is 0 Å². The number of rotatable bonds is 6. The van der Waals surface area contributed by atoms with E-state index in [-0.39, 0.29) is 11.6 Å². The Morgan fingerprint density at radius 3 is 2.31 bits per heavy atom. The Morgan fingerprint density at radius 1 is 1.46 bits per heavy atom. The summed E-state index contributed by atoms with van der Waals surface area (Å²) in [5.41, 5.74) is 5.73. The molecule has 3 heteroatoms. The zero-order valence-electron chi connectivity index (χ0n) is 9.38. The van der Waals surface area contributed by atoms with Gasteiger partial charge in [-0.3, -0.25) is 4.90 Å². The van der Waals surface area contributed by atoms with Gasteiger partial charge in [-0.05, 0) is 33.7 Å². The molecule has 0 fully saturated rings. The molecule has 0 saturated carbocycles. The largest absolute Gasteiger partial charge is 0.393 e. The van der Waals surface area contributed by atoms with E-state index in [0.717, 1.165) is 19.5 Å². The summed E-state index contributed by atoms with van der Waals surface area (Å²) in [5, 5.41) is 9.18. The van der Waals surface area contributed by atoms with E-state index in [1.165, 1.54) is 0 Å². The Kier molecular flexibility index (Phi) is 5.53. The second kappa shape index (κ2) is 5.58. The zero-order valence-corrected chi connectivity index (χ0v) is 9.38. The van der Waals surface area contributed by atoms with Crippen LogP contribution in [0.4, 0.5) is 0 Å². The Hall–Kier alpha value is -0.120. The Morgan fingerprint density at radius 2 is 2.00 bits per heavy atom. The molecule has 0 aliphatic rings. The lowest BCUT2D eigenvalue weighted by atomic mass is 10.0. The molecular weight excluding hydrogens is 164 g/mol. The summed E-state index contributed by atoms with van der Waals surface area (Å²) in [7, 11) is 0. The van der Waals surface area contributed by atoms with Gasteiger partial charge in [0.15, 0.2) is 0 Å². The van der Waals surface area contributed by atoms with Crippen LogP contribution in [-0.4, -0.2) is 41.3 Å². The molecule has 0 saturated heterocycles.